The van der Waals surface area contributed by atoms with Crippen LogP contribution in [0.3, 0.4) is 0 Å². The number of aromatic nitrogens is 1. The highest BCUT2D eigenvalue weighted by Gasteiger charge is 2.16. The summed E-state index contributed by atoms with van der Waals surface area (Å²) in [6, 6.07) is 16.1. The number of rotatable bonds is 7. The van der Waals surface area contributed by atoms with E-state index in [-0.39, 0.29) is 5.75 Å². The van der Waals surface area contributed by atoms with Crippen LogP contribution in [0.15, 0.2) is 66.9 Å². The predicted molar refractivity (Wildman–Crippen MR) is 109 cm³/mol. The quantitative estimate of drug-likeness (QED) is 0.620. The molecule has 0 spiro atoms. The van der Waals surface area contributed by atoms with Crippen molar-refractivity contribution in [2.24, 2.45) is 0 Å². The summed E-state index contributed by atoms with van der Waals surface area (Å²) >= 11 is 0. The van der Waals surface area contributed by atoms with E-state index in [1.807, 2.05) is 19.1 Å². The molecular formula is C21H20N2O4S. The van der Waals surface area contributed by atoms with Crippen molar-refractivity contribution in [1.82, 2.24) is 9.71 Å². The molecule has 0 unspecified atom stereocenters. The fraction of sp³-hybridized carbons (Fsp3) is 0.143. The van der Waals surface area contributed by atoms with Crippen LogP contribution in [0, 0.1) is 0 Å². The zero-order valence-corrected chi connectivity index (χ0v) is 16.1. The van der Waals surface area contributed by atoms with Gasteiger partial charge in [0.2, 0.25) is 10.0 Å². The highest BCUT2D eigenvalue weighted by atomic mass is 32.2. The van der Waals surface area contributed by atoms with Gasteiger partial charge in [-0.05, 0) is 42.3 Å². The van der Waals surface area contributed by atoms with Gasteiger partial charge in [0.25, 0.3) is 5.91 Å². The van der Waals surface area contributed by atoms with E-state index in [0.717, 1.165) is 16.7 Å². The molecule has 144 valence electrons. The van der Waals surface area contributed by atoms with Crippen LogP contribution < -0.4 is 9.46 Å². The average Bonchev–Trinajstić information content (AvgIpc) is 2.67. The number of nitrogens with one attached hydrogen (secondary N) is 1. The minimum Gasteiger partial charge on any atom is -0.494 e. The fourth-order valence-corrected chi connectivity index (χ4v) is 3.81. The molecule has 1 amide bonds. The van der Waals surface area contributed by atoms with Crippen LogP contribution in [0.5, 0.6) is 5.75 Å². The van der Waals surface area contributed by atoms with E-state index in [0.29, 0.717) is 17.7 Å². The Morgan fingerprint density at radius 2 is 1.86 bits per heavy atom. The van der Waals surface area contributed by atoms with Gasteiger partial charge in [0.05, 0.1) is 17.9 Å². The average molecular weight is 396 g/mol. The maximum Gasteiger partial charge on any atom is 0.257 e. The summed E-state index contributed by atoms with van der Waals surface area (Å²) in [6.45, 7) is 2.47. The molecule has 0 aliphatic carbocycles. The standard InChI is InChI=1S/C21H20N2O4S/c1-2-27-19-11-8-16(9-12-19)10-13-20(24)23-28(25,26)15-18-6-3-5-17-7-4-14-22-21(17)18/h3-14H,2,15H2,1H3,(H,23,24)/b13-10+. The molecule has 7 heteroatoms. The van der Waals surface area contributed by atoms with Crippen LogP contribution in [0.2, 0.25) is 0 Å². The van der Waals surface area contributed by atoms with Crippen molar-refractivity contribution in [2.45, 2.75) is 12.7 Å². The second-order valence-corrected chi connectivity index (χ2v) is 7.78. The molecule has 0 atom stereocenters. The van der Waals surface area contributed by atoms with Gasteiger partial charge < -0.3 is 4.74 Å². The first-order valence-electron chi connectivity index (χ1n) is 8.75. The van der Waals surface area contributed by atoms with Crippen LogP contribution in [0.25, 0.3) is 17.0 Å². The minimum atomic E-state index is -3.85. The summed E-state index contributed by atoms with van der Waals surface area (Å²) in [5, 5.41) is 0.844. The van der Waals surface area contributed by atoms with Gasteiger partial charge >= 0.3 is 0 Å². The predicted octanol–water partition coefficient (Wildman–Crippen LogP) is 3.29. The monoisotopic (exact) mass is 396 g/mol. The van der Waals surface area contributed by atoms with E-state index in [2.05, 4.69) is 9.71 Å². The molecule has 28 heavy (non-hydrogen) atoms. The fourth-order valence-electron chi connectivity index (χ4n) is 2.73. The van der Waals surface area contributed by atoms with Crippen molar-refractivity contribution in [1.29, 1.82) is 0 Å². The zero-order valence-electron chi connectivity index (χ0n) is 15.3. The number of carbonyl (C=O) groups is 1. The summed E-state index contributed by atoms with van der Waals surface area (Å²) in [5.74, 6) is -0.304. The van der Waals surface area contributed by atoms with Crippen LogP contribution >= 0.6 is 0 Å². The lowest BCUT2D eigenvalue weighted by molar-refractivity contribution is -0.114. The first kappa shape index (κ1) is 19.6. The summed E-state index contributed by atoms with van der Waals surface area (Å²) in [5.41, 5.74) is 1.90. The van der Waals surface area contributed by atoms with Crippen molar-refractivity contribution in [2.75, 3.05) is 6.61 Å². The number of benzene rings is 2. The van der Waals surface area contributed by atoms with E-state index < -0.39 is 15.9 Å². The molecular weight excluding hydrogens is 376 g/mol. The third kappa shape index (κ3) is 5.17. The van der Waals surface area contributed by atoms with Gasteiger partial charge in [-0.1, -0.05) is 36.4 Å². The maximum atomic E-state index is 12.4. The number of nitrogens with zero attached hydrogens (tertiary/aromatic N) is 1. The van der Waals surface area contributed by atoms with Crippen molar-refractivity contribution in [3.05, 3.63) is 78.0 Å². The Labute approximate surface area is 163 Å². The second kappa shape index (κ2) is 8.67. The second-order valence-electron chi connectivity index (χ2n) is 6.05. The normalized spacial score (nSPS) is 11.6. The molecule has 0 saturated carbocycles. The van der Waals surface area contributed by atoms with Gasteiger partial charge in [0, 0.05) is 17.7 Å². The van der Waals surface area contributed by atoms with E-state index in [4.69, 9.17) is 4.74 Å². The largest absolute Gasteiger partial charge is 0.494 e. The summed E-state index contributed by atoms with van der Waals surface area (Å²) in [4.78, 5) is 16.3. The van der Waals surface area contributed by atoms with Crippen LogP contribution in [-0.4, -0.2) is 25.9 Å². The maximum absolute atomic E-state index is 12.4. The topological polar surface area (TPSA) is 85.4 Å². The van der Waals surface area contributed by atoms with Crippen molar-refractivity contribution >= 4 is 32.9 Å². The van der Waals surface area contributed by atoms with Gasteiger partial charge in [-0.15, -0.1) is 0 Å². The Morgan fingerprint density at radius 3 is 2.61 bits per heavy atom. The summed E-state index contributed by atoms with van der Waals surface area (Å²) < 4.78 is 32.2. The molecule has 2 aromatic carbocycles. The highest BCUT2D eigenvalue weighted by molar-refractivity contribution is 7.89. The van der Waals surface area contributed by atoms with Gasteiger partial charge in [-0.25, -0.2) is 13.1 Å². The van der Waals surface area contributed by atoms with Crippen LogP contribution in [0.4, 0.5) is 0 Å². The van der Waals surface area contributed by atoms with Crippen molar-refractivity contribution in [3.63, 3.8) is 0 Å². The number of hydrogen-bond donors (Lipinski definition) is 1. The number of ether oxygens (including phenoxy) is 1. The van der Waals surface area contributed by atoms with Crippen LogP contribution in [-0.2, 0) is 20.6 Å². The molecule has 1 heterocycles. The molecule has 0 bridgehead atoms. The van der Waals surface area contributed by atoms with Gasteiger partial charge in [-0.2, -0.15) is 0 Å². The Kier molecular flexibility index (Phi) is 6.06. The molecule has 0 aliphatic rings. The van der Waals surface area contributed by atoms with Gasteiger partial charge in [0.1, 0.15) is 5.75 Å². The smallest absolute Gasteiger partial charge is 0.257 e. The lowest BCUT2D eigenvalue weighted by Gasteiger charge is -2.07. The molecule has 1 N–H and O–H groups in total. The van der Waals surface area contributed by atoms with Crippen molar-refractivity contribution in [3.8, 4) is 5.75 Å². The first-order valence-corrected chi connectivity index (χ1v) is 10.4. The number of para-hydroxylation sites is 1. The Hall–Kier alpha value is -3.19. The third-order valence-corrected chi connectivity index (χ3v) is 5.14. The van der Waals surface area contributed by atoms with Crippen molar-refractivity contribution < 1.29 is 17.9 Å². The van der Waals surface area contributed by atoms with E-state index in [1.165, 1.54) is 6.08 Å². The van der Waals surface area contributed by atoms with E-state index >= 15 is 0 Å². The third-order valence-electron chi connectivity index (χ3n) is 3.94. The molecule has 3 aromatic rings. The molecule has 6 nitrogen and oxygen atoms in total. The first-order chi connectivity index (χ1) is 13.5. The molecule has 3 rings (SSSR count). The lowest BCUT2D eigenvalue weighted by Crippen LogP contribution is -2.30. The number of sulfonamides is 1. The number of hydrogen-bond acceptors (Lipinski definition) is 5. The van der Waals surface area contributed by atoms with E-state index in [9.17, 15) is 13.2 Å². The highest BCUT2D eigenvalue weighted by Crippen LogP contribution is 2.18. The summed E-state index contributed by atoms with van der Waals surface area (Å²) in [7, 11) is -3.85. The summed E-state index contributed by atoms with van der Waals surface area (Å²) in [6.07, 6.45) is 4.34. The Bertz CT molecular complexity index is 1100. The molecule has 1 aromatic heterocycles. The SMILES string of the molecule is CCOc1ccc(/C=C/C(=O)NS(=O)(=O)Cc2cccc3cccnc23)cc1. The van der Waals surface area contributed by atoms with E-state index in [1.54, 1.807) is 54.7 Å². The number of fused-ring (bicyclic) bond motifs is 1. The van der Waals surface area contributed by atoms with Gasteiger partial charge in [0.15, 0.2) is 0 Å². The number of carbonyl (C=O) groups excluding carboxylic acids is 1. The minimum absolute atomic E-state index is 0.329. The number of pyridine rings is 1. The molecule has 0 aliphatic heterocycles. The Morgan fingerprint density at radius 1 is 1.11 bits per heavy atom. The lowest BCUT2D eigenvalue weighted by atomic mass is 10.1. The number of amides is 1. The van der Waals surface area contributed by atoms with Gasteiger partial charge in [-0.3, -0.25) is 9.78 Å². The Balaban J connectivity index is 1.67. The molecule has 0 saturated heterocycles. The molecule has 0 fully saturated rings. The zero-order chi connectivity index (χ0) is 20.0. The van der Waals surface area contributed by atoms with Crippen LogP contribution in [0.1, 0.15) is 18.1 Å². The molecule has 0 radical (unpaired) electrons.